The van der Waals surface area contributed by atoms with Crippen molar-refractivity contribution < 1.29 is 24.3 Å². The van der Waals surface area contributed by atoms with E-state index in [0.717, 1.165) is 23.9 Å². The number of hydrogen-bond acceptors (Lipinski definition) is 7. The van der Waals surface area contributed by atoms with Gasteiger partial charge in [-0.2, -0.15) is 0 Å². The molecule has 1 aromatic rings. The number of hydrogen-bond donors (Lipinski definition) is 1. The highest BCUT2D eigenvalue weighted by molar-refractivity contribution is 7.98. The van der Waals surface area contributed by atoms with Gasteiger partial charge in [-0.05, 0) is 19.3 Å². The molecule has 1 N–H and O–H groups in total. The molecule has 0 bridgehead atoms. The number of esters is 1. The molecule has 0 atom stereocenters. The number of rotatable bonds is 6. The maximum absolute atomic E-state index is 11.3. The molecule has 0 saturated heterocycles. The molecule has 0 aliphatic rings. The van der Waals surface area contributed by atoms with Gasteiger partial charge in [0.1, 0.15) is 0 Å². The van der Waals surface area contributed by atoms with Crippen LogP contribution >= 0.6 is 11.8 Å². The van der Waals surface area contributed by atoms with Crippen molar-refractivity contribution in [2.45, 2.75) is 11.8 Å². The normalized spacial score (nSPS) is 10.6. The summed E-state index contributed by atoms with van der Waals surface area (Å²) >= 11 is 1.09. The number of nitrogens with zero attached hydrogens (tertiary/aromatic N) is 1. The van der Waals surface area contributed by atoms with Crippen LogP contribution in [0.2, 0.25) is 0 Å². The Morgan fingerprint density at radius 2 is 2.24 bits per heavy atom. The molecule has 0 radical (unpaired) electrons. The summed E-state index contributed by atoms with van der Waals surface area (Å²) in [5.74, 6) is -0.912. The molecule has 0 unspecified atom stereocenters. The Morgan fingerprint density at radius 1 is 1.57 bits per heavy atom. The second kappa shape index (κ2) is 7.53. The third-order valence-corrected chi connectivity index (χ3v) is 3.36. The first-order valence-electron chi connectivity index (χ1n) is 5.93. The van der Waals surface area contributed by atoms with Crippen LogP contribution in [0.4, 0.5) is 5.69 Å². The van der Waals surface area contributed by atoms with Crippen molar-refractivity contribution >= 4 is 29.5 Å². The van der Waals surface area contributed by atoms with Crippen LogP contribution in [0.25, 0.3) is 6.08 Å². The zero-order valence-corrected chi connectivity index (χ0v) is 12.6. The van der Waals surface area contributed by atoms with Gasteiger partial charge >= 0.3 is 5.97 Å². The molecule has 0 saturated carbocycles. The van der Waals surface area contributed by atoms with Gasteiger partial charge in [-0.3, -0.25) is 10.1 Å². The van der Waals surface area contributed by atoms with E-state index in [2.05, 4.69) is 0 Å². The fourth-order valence-corrected chi connectivity index (χ4v) is 2.37. The maximum Gasteiger partial charge on any atom is 0.330 e. The summed E-state index contributed by atoms with van der Waals surface area (Å²) in [6.45, 7) is 1.87. The molecule has 21 heavy (non-hydrogen) atoms. The van der Waals surface area contributed by atoms with Gasteiger partial charge in [0.2, 0.25) is 0 Å². The van der Waals surface area contributed by atoms with Gasteiger partial charge in [0.25, 0.3) is 5.69 Å². The molecule has 114 valence electrons. The molecule has 8 heteroatoms. The molecular weight excluding hydrogens is 298 g/mol. The van der Waals surface area contributed by atoms with Crippen LogP contribution in [0.1, 0.15) is 12.5 Å². The van der Waals surface area contributed by atoms with E-state index in [0.29, 0.717) is 0 Å². The number of phenolic OH excluding ortho intramolecular Hbond substituents is 1. The van der Waals surface area contributed by atoms with Gasteiger partial charge in [0, 0.05) is 11.6 Å². The highest BCUT2D eigenvalue weighted by atomic mass is 32.2. The lowest BCUT2D eigenvalue weighted by atomic mass is 10.1. The van der Waals surface area contributed by atoms with Gasteiger partial charge < -0.3 is 14.6 Å². The van der Waals surface area contributed by atoms with Crippen LogP contribution in [-0.2, 0) is 9.53 Å². The Labute approximate surface area is 125 Å². The van der Waals surface area contributed by atoms with Crippen LogP contribution < -0.4 is 4.74 Å². The summed E-state index contributed by atoms with van der Waals surface area (Å²) in [6.07, 6.45) is 4.01. The van der Waals surface area contributed by atoms with Crippen LogP contribution in [0.15, 0.2) is 17.0 Å². The van der Waals surface area contributed by atoms with Gasteiger partial charge in [-0.1, -0.05) is 0 Å². The molecule has 0 aromatic heterocycles. The Hall–Kier alpha value is -2.22. The number of nitro groups is 1. The number of carbonyl (C=O) groups is 1. The predicted octanol–water partition coefficient (Wildman–Crippen LogP) is 2.61. The van der Waals surface area contributed by atoms with E-state index in [1.54, 1.807) is 13.2 Å². The lowest BCUT2D eigenvalue weighted by molar-refractivity contribution is -0.387. The van der Waals surface area contributed by atoms with Crippen LogP contribution in [-0.4, -0.2) is 36.0 Å². The van der Waals surface area contributed by atoms with E-state index >= 15 is 0 Å². The number of carbonyl (C=O) groups excluding carboxylic acids is 1. The van der Waals surface area contributed by atoms with E-state index in [4.69, 9.17) is 9.47 Å². The molecule has 0 aliphatic heterocycles. The smallest absolute Gasteiger partial charge is 0.330 e. The molecule has 1 aromatic carbocycles. The quantitative estimate of drug-likeness (QED) is 0.283. The summed E-state index contributed by atoms with van der Waals surface area (Å²) in [7, 11) is 1.29. The fourth-order valence-electron chi connectivity index (χ4n) is 1.64. The summed E-state index contributed by atoms with van der Waals surface area (Å²) < 4.78 is 9.65. The number of phenols is 1. The SMILES string of the molecule is CCOC(=O)/C=C/c1c(O)c(OC)cc([N+](=O)[O-])c1SC. The van der Waals surface area contributed by atoms with Gasteiger partial charge in [-0.15, -0.1) is 11.8 Å². The van der Waals surface area contributed by atoms with Crippen molar-refractivity contribution in [1.82, 2.24) is 0 Å². The minimum absolute atomic E-state index is 0.0389. The predicted molar refractivity (Wildman–Crippen MR) is 78.8 cm³/mol. The third-order valence-electron chi connectivity index (χ3n) is 2.53. The molecule has 0 aliphatic carbocycles. The molecule has 7 nitrogen and oxygen atoms in total. The Balaban J connectivity index is 3.43. The Bertz CT molecular complexity index is 585. The molecule has 0 amide bonds. The van der Waals surface area contributed by atoms with Gasteiger partial charge in [-0.25, -0.2) is 4.79 Å². The lowest BCUT2D eigenvalue weighted by Crippen LogP contribution is -2.00. The molecule has 0 fully saturated rings. The zero-order valence-electron chi connectivity index (χ0n) is 11.8. The van der Waals surface area contributed by atoms with Crippen molar-refractivity contribution in [2.75, 3.05) is 20.0 Å². The first-order valence-corrected chi connectivity index (χ1v) is 7.15. The second-order valence-corrected chi connectivity index (χ2v) is 4.55. The fraction of sp³-hybridized carbons (Fsp3) is 0.308. The first kappa shape index (κ1) is 16.8. The molecular formula is C13H15NO6S. The van der Waals surface area contributed by atoms with E-state index < -0.39 is 10.9 Å². The lowest BCUT2D eigenvalue weighted by Gasteiger charge is -2.10. The maximum atomic E-state index is 11.3. The summed E-state index contributed by atoms with van der Waals surface area (Å²) in [6, 6.07) is 1.14. The van der Waals surface area contributed by atoms with E-state index in [1.807, 2.05) is 0 Å². The second-order valence-electron chi connectivity index (χ2n) is 3.74. The average Bonchev–Trinajstić information content (AvgIpc) is 2.45. The summed E-state index contributed by atoms with van der Waals surface area (Å²) in [5, 5.41) is 21.2. The summed E-state index contributed by atoms with van der Waals surface area (Å²) in [5.41, 5.74) is -0.0674. The molecule has 0 spiro atoms. The highest BCUT2D eigenvalue weighted by Gasteiger charge is 2.23. The highest BCUT2D eigenvalue weighted by Crippen LogP contribution is 2.43. The van der Waals surface area contributed by atoms with E-state index in [-0.39, 0.29) is 34.3 Å². The van der Waals surface area contributed by atoms with Crippen molar-refractivity contribution in [3.8, 4) is 11.5 Å². The van der Waals surface area contributed by atoms with Crippen molar-refractivity contribution in [3.05, 3.63) is 27.8 Å². The number of aromatic hydroxyl groups is 1. The van der Waals surface area contributed by atoms with Crippen molar-refractivity contribution in [3.63, 3.8) is 0 Å². The van der Waals surface area contributed by atoms with Crippen LogP contribution in [0.3, 0.4) is 0 Å². The topological polar surface area (TPSA) is 98.9 Å². The minimum atomic E-state index is -0.602. The number of methoxy groups -OCH3 is 1. The largest absolute Gasteiger partial charge is 0.504 e. The zero-order chi connectivity index (χ0) is 16.0. The molecule has 1 rings (SSSR count). The monoisotopic (exact) mass is 313 g/mol. The van der Waals surface area contributed by atoms with Crippen molar-refractivity contribution in [1.29, 1.82) is 0 Å². The van der Waals surface area contributed by atoms with E-state index in [9.17, 15) is 20.0 Å². The van der Waals surface area contributed by atoms with Gasteiger partial charge in [0.15, 0.2) is 11.5 Å². The van der Waals surface area contributed by atoms with Crippen LogP contribution in [0.5, 0.6) is 11.5 Å². The van der Waals surface area contributed by atoms with Crippen LogP contribution in [0, 0.1) is 10.1 Å². The van der Waals surface area contributed by atoms with Crippen molar-refractivity contribution in [2.24, 2.45) is 0 Å². The first-order chi connectivity index (χ1) is 9.96. The van der Waals surface area contributed by atoms with E-state index in [1.165, 1.54) is 13.2 Å². The third kappa shape index (κ3) is 3.88. The number of nitro benzene ring substituents is 1. The Morgan fingerprint density at radius 3 is 2.71 bits per heavy atom. The molecule has 0 heterocycles. The number of thioether (sulfide) groups is 1. The standard InChI is InChI=1S/C13H15NO6S/c1-4-20-11(15)6-5-8-12(16)10(19-2)7-9(14(17)18)13(8)21-3/h5-7,16H,4H2,1-3H3/b6-5+. The minimum Gasteiger partial charge on any atom is -0.504 e. The Kier molecular flexibility index (Phi) is 6.04. The number of benzene rings is 1. The van der Waals surface area contributed by atoms with Gasteiger partial charge in [0.05, 0.1) is 29.6 Å². The number of ether oxygens (including phenoxy) is 2. The average molecular weight is 313 g/mol. The summed E-state index contributed by atoms with van der Waals surface area (Å²) in [4.78, 5) is 22.1.